The van der Waals surface area contributed by atoms with Gasteiger partial charge in [-0.15, -0.1) is 10.2 Å². The summed E-state index contributed by atoms with van der Waals surface area (Å²) in [5.74, 6) is 0.444. The van der Waals surface area contributed by atoms with Crippen LogP contribution in [0.25, 0.3) is 50.9 Å². The maximum absolute atomic E-state index is 13.6. The Morgan fingerprint density at radius 3 is 1.93 bits per heavy atom. The number of nitro groups is 2. The third kappa shape index (κ3) is 4.35. The van der Waals surface area contributed by atoms with Gasteiger partial charge in [-0.3, -0.25) is 29.6 Å². The molecule has 2 aromatic heterocycles. The van der Waals surface area contributed by atoms with Crippen molar-refractivity contribution in [3.8, 4) is 40.0 Å². The molecular weight excluding hydrogens is 516 g/mol. The lowest BCUT2D eigenvalue weighted by molar-refractivity contribution is -0.394. The van der Waals surface area contributed by atoms with Crippen molar-refractivity contribution in [2.24, 2.45) is 0 Å². The molecule has 12 heteroatoms. The first kappa shape index (κ1) is 24.3. The SMILES string of the molecule is O=c1c2ccccc2nc(-c2ccccc2)n1-c1ccc(-c2nnc(-c3cc([N+](=O)[O-])cc([N+](=O)[O-])c3)o2)cc1. The van der Waals surface area contributed by atoms with Crippen molar-refractivity contribution < 1.29 is 14.3 Å². The first-order chi connectivity index (χ1) is 19.4. The molecule has 12 nitrogen and oxygen atoms in total. The van der Waals surface area contributed by atoms with Gasteiger partial charge in [0.05, 0.1) is 38.1 Å². The van der Waals surface area contributed by atoms with Crippen LogP contribution >= 0.6 is 0 Å². The summed E-state index contributed by atoms with van der Waals surface area (Å²) in [7, 11) is 0. The molecule has 0 unspecified atom stereocenters. The average Bonchev–Trinajstić information content (AvgIpc) is 3.48. The molecule has 0 aliphatic carbocycles. The number of non-ortho nitro benzene ring substituents is 2. The number of nitrogens with zero attached hydrogens (tertiary/aromatic N) is 6. The molecule has 0 aliphatic rings. The molecule has 194 valence electrons. The van der Waals surface area contributed by atoms with E-state index in [0.717, 1.165) is 23.8 Å². The van der Waals surface area contributed by atoms with E-state index in [4.69, 9.17) is 9.40 Å². The van der Waals surface area contributed by atoms with Gasteiger partial charge in [-0.25, -0.2) is 4.98 Å². The monoisotopic (exact) mass is 532 g/mol. The number of hydrogen-bond donors (Lipinski definition) is 0. The molecule has 0 amide bonds. The Balaban J connectivity index is 1.41. The van der Waals surface area contributed by atoms with E-state index in [9.17, 15) is 25.0 Å². The van der Waals surface area contributed by atoms with Gasteiger partial charge >= 0.3 is 0 Å². The van der Waals surface area contributed by atoms with Gasteiger partial charge in [0.15, 0.2) is 0 Å². The average molecular weight is 532 g/mol. The van der Waals surface area contributed by atoms with E-state index in [0.29, 0.717) is 28.0 Å². The number of rotatable bonds is 6. The second kappa shape index (κ2) is 9.68. The molecule has 0 spiro atoms. The molecular formula is C28H16N6O6. The normalized spacial score (nSPS) is 11.0. The van der Waals surface area contributed by atoms with Gasteiger partial charge < -0.3 is 4.42 Å². The Labute approximate surface area is 224 Å². The standard InChI is InChI=1S/C28H16N6O6/c35-28-23-8-4-5-9-24(23)29-25(17-6-2-1-3-7-17)32(28)20-12-10-18(11-13-20)26-30-31-27(40-26)19-14-21(33(36)37)16-22(15-19)34(38)39/h1-16H. The van der Waals surface area contributed by atoms with Crippen molar-refractivity contribution in [2.75, 3.05) is 0 Å². The third-order valence-corrected chi connectivity index (χ3v) is 6.18. The number of benzene rings is 4. The van der Waals surface area contributed by atoms with Gasteiger partial charge in [-0.2, -0.15) is 0 Å². The first-order valence-electron chi connectivity index (χ1n) is 11.8. The minimum absolute atomic E-state index is 0.0394. The van der Waals surface area contributed by atoms with Crippen molar-refractivity contribution in [3.63, 3.8) is 0 Å². The van der Waals surface area contributed by atoms with E-state index in [2.05, 4.69) is 10.2 Å². The Hall–Kier alpha value is -6.04. The number of nitro benzene ring substituents is 2. The van der Waals surface area contributed by atoms with Crippen LogP contribution in [0.2, 0.25) is 0 Å². The Kier molecular flexibility index (Phi) is 5.88. The lowest BCUT2D eigenvalue weighted by Crippen LogP contribution is -2.21. The van der Waals surface area contributed by atoms with Crippen LogP contribution in [0.4, 0.5) is 11.4 Å². The zero-order valence-electron chi connectivity index (χ0n) is 20.4. The van der Waals surface area contributed by atoms with Crippen LogP contribution in [0.1, 0.15) is 0 Å². The van der Waals surface area contributed by atoms with E-state index in [1.165, 1.54) is 4.57 Å². The maximum Gasteiger partial charge on any atom is 0.277 e. The summed E-state index contributed by atoms with van der Waals surface area (Å²) in [6, 6.07) is 26.4. The Bertz CT molecular complexity index is 1950. The molecule has 0 saturated carbocycles. The van der Waals surface area contributed by atoms with Crippen LogP contribution in [-0.4, -0.2) is 29.6 Å². The number of aromatic nitrogens is 4. The molecule has 40 heavy (non-hydrogen) atoms. The molecule has 0 aliphatic heterocycles. The Morgan fingerprint density at radius 1 is 0.675 bits per heavy atom. The third-order valence-electron chi connectivity index (χ3n) is 6.18. The maximum atomic E-state index is 13.6. The van der Waals surface area contributed by atoms with Crippen molar-refractivity contribution in [2.45, 2.75) is 0 Å². The molecule has 0 atom stereocenters. The number of fused-ring (bicyclic) bond motifs is 1. The summed E-state index contributed by atoms with van der Waals surface area (Å²) in [6.07, 6.45) is 0. The van der Waals surface area contributed by atoms with Gasteiger partial charge in [-0.1, -0.05) is 42.5 Å². The number of para-hydroxylation sites is 1. The largest absolute Gasteiger partial charge is 0.416 e. The van der Waals surface area contributed by atoms with Crippen LogP contribution in [0.3, 0.4) is 0 Å². The van der Waals surface area contributed by atoms with Crippen molar-refractivity contribution in [3.05, 3.63) is 128 Å². The highest BCUT2D eigenvalue weighted by Crippen LogP contribution is 2.31. The highest BCUT2D eigenvalue weighted by atomic mass is 16.6. The predicted octanol–water partition coefficient (Wildman–Crippen LogP) is 5.59. The Morgan fingerprint density at radius 2 is 1.27 bits per heavy atom. The van der Waals surface area contributed by atoms with Crippen molar-refractivity contribution in [1.29, 1.82) is 0 Å². The van der Waals surface area contributed by atoms with E-state index in [1.54, 1.807) is 42.5 Å². The lowest BCUT2D eigenvalue weighted by atomic mass is 10.1. The summed E-state index contributed by atoms with van der Waals surface area (Å²) >= 11 is 0. The van der Waals surface area contributed by atoms with Crippen molar-refractivity contribution in [1.82, 2.24) is 19.7 Å². The molecule has 0 saturated heterocycles. The quantitative estimate of drug-likeness (QED) is 0.197. The summed E-state index contributed by atoms with van der Waals surface area (Å²) in [6.45, 7) is 0. The topological polar surface area (TPSA) is 160 Å². The zero-order chi connectivity index (χ0) is 27.8. The van der Waals surface area contributed by atoms with Crippen LogP contribution < -0.4 is 5.56 Å². The van der Waals surface area contributed by atoms with Crippen LogP contribution in [-0.2, 0) is 0 Å². The molecule has 0 fully saturated rings. The van der Waals surface area contributed by atoms with Gasteiger partial charge in [0.2, 0.25) is 11.8 Å². The second-order valence-electron chi connectivity index (χ2n) is 8.67. The molecule has 4 aromatic carbocycles. The van der Waals surface area contributed by atoms with Crippen LogP contribution in [0, 0.1) is 20.2 Å². The number of hydrogen-bond acceptors (Lipinski definition) is 9. The fourth-order valence-electron chi connectivity index (χ4n) is 4.29. The van der Waals surface area contributed by atoms with Gasteiger partial charge in [0, 0.05) is 23.3 Å². The van der Waals surface area contributed by atoms with Crippen LogP contribution in [0.5, 0.6) is 0 Å². The van der Waals surface area contributed by atoms with E-state index in [1.807, 2.05) is 36.4 Å². The summed E-state index contributed by atoms with van der Waals surface area (Å²) in [5.41, 5.74) is 1.27. The molecule has 0 N–H and O–H groups in total. The first-order valence-corrected chi connectivity index (χ1v) is 11.8. The van der Waals surface area contributed by atoms with E-state index < -0.39 is 21.2 Å². The zero-order valence-corrected chi connectivity index (χ0v) is 20.4. The lowest BCUT2D eigenvalue weighted by Gasteiger charge is -2.14. The fraction of sp³-hybridized carbons (Fsp3) is 0. The predicted molar refractivity (Wildman–Crippen MR) is 145 cm³/mol. The summed E-state index contributed by atoms with van der Waals surface area (Å²) in [4.78, 5) is 39.3. The van der Waals surface area contributed by atoms with Gasteiger partial charge in [0.1, 0.15) is 5.82 Å². The van der Waals surface area contributed by atoms with E-state index >= 15 is 0 Å². The fourth-order valence-corrected chi connectivity index (χ4v) is 4.29. The highest BCUT2D eigenvalue weighted by molar-refractivity contribution is 5.80. The van der Waals surface area contributed by atoms with E-state index in [-0.39, 0.29) is 22.9 Å². The summed E-state index contributed by atoms with van der Waals surface area (Å²) in [5, 5.41) is 30.9. The van der Waals surface area contributed by atoms with Gasteiger partial charge in [0.25, 0.3) is 16.9 Å². The molecule has 0 bridgehead atoms. The second-order valence-corrected chi connectivity index (χ2v) is 8.67. The minimum atomic E-state index is -0.736. The van der Waals surface area contributed by atoms with Gasteiger partial charge in [-0.05, 0) is 36.4 Å². The summed E-state index contributed by atoms with van der Waals surface area (Å²) < 4.78 is 7.23. The molecule has 6 aromatic rings. The highest BCUT2D eigenvalue weighted by Gasteiger charge is 2.21. The van der Waals surface area contributed by atoms with Crippen molar-refractivity contribution >= 4 is 22.3 Å². The molecule has 2 heterocycles. The van der Waals surface area contributed by atoms with Crippen LogP contribution in [0.15, 0.2) is 106 Å². The molecule has 0 radical (unpaired) electrons. The molecule has 6 rings (SSSR count). The minimum Gasteiger partial charge on any atom is -0.416 e. The smallest absolute Gasteiger partial charge is 0.277 e.